The molecule has 17 heavy (non-hydrogen) atoms. The van der Waals surface area contributed by atoms with Crippen LogP contribution in [0.1, 0.15) is 24.1 Å². The van der Waals surface area contributed by atoms with Crippen molar-refractivity contribution in [2.75, 3.05) is 13.7 Å². The maximum absolute atomic E-state index is 12.0. The van der Waals surface area contributed by atoms with Gasteiger partial charge in [-0.2, -0.15) is 0 Å². The smallest absolute Gasteiger partial charge is 0.244 e. The lowest BCUT2D eigenvalue weighted by molar-refractivity contribution is -0.133. The van der Waals surface area contributed by atoms with Crippen molar-refractivity contribution >= 4 is 5.91 Å². The SMILES string of the molecule is Cc1ccc(C(N)C(=O)N(C)C(C)CO)cc1. The van der Waals surface area contributed by atoms with Gasteiger partial charge in [-0.1, -0.05) is 29.8 Å². The molecule has 1 aromatic rings. The third-order valence-corrected chi connectivity index (χ3v) is 2.98. The summed E-state index contributed by atoms with van der Waals surface area (Å²) in [6.45, 7) is 3.69. The van der Waals surface area contributed by atoms with Crippen molar-refractivity contribution in [3.8, 4) is 0 Å². The highest BCUT2D eigenvalue weighted by atomic mass is 16.3. The Labute approximate surface area is 102 Å². The second-order valence-corrected chi connectivity index (χ2v) is 4.37. The minimum Gasteiger partial charge on any atom is -0.394 e. The zero-order chi connectivity index (χ0) is 13.0. The minimum absolute atomic E-state index is 0.0666. The average Bonchev–Trinajstić information content (AvgIpc) is 2.36. The fraction of sp³-hybridized carbons (Fsp3) is 0.462. The van der Waals surface area contributed by atoms with Gasteiger partial charge in [-0.05, 0) is 19.4 Å². The van der Waals surface area contributed by atoms with E-state index in [9.17, 15) is 4.79 Å². The molecular formula is C13H20N2O2. The molecular weight excluding hydrogens is 216 g/mol. The first-order valence-corrected chi connectivity index (χ1v) is 5.67. The molecule has 0 aliphatic rings. The molecule has 94 valence electrons. The van der Waals surface area contributed by atoms with Crippen LogP contribution in [0.5, 0.6) is 0 Å². The van der Waals surface area contributed by atoms with Crippen LogP contribution in [0.3, 0.4) is 0 Å². The highest BCUT2D eigenvalue weighted by Gasteiger charge is 2.22. The lowest BCUT2D eigenvalue weighted by Crippen LogP contribution is -2.42. The second kappa shape index (κ2) is 5.80. The fourth-order valence-corrected chi connectivity index (χ4v) is 1.48. The van der Waals surface area contributed by atoms with E-state index >= 15 is 0 Å². The molecule has 0 aliphatic heterocycles. The van der Waals surface area contributed by atoms with Gasteiger partial charge in [0.1, 0.15) is 6.04 Å². The van der Waals surface area contributed by atoms with E-state index in [4.69, 9.17) is 10.8 Å². The van der Waals surface area contributed by atoms with Crippen molar-refractivity contribution in [3.05, 3.63) is 35.4 Å². The number of aliphatic hydroxyl groups excluding tert-OH is 1. The summed E-state index contributed by atoms with van der Waals surface area (Å²) in [5.74, 6) is -0.185. The molecule has 4 heteroatoms. The van der Waals surface area contributed by atoms with Crippen molar-refractivity contribution in [1.29, 1.82) is 0 Å². The number of nitrogens with two attached hydrogens (primary N) is 1. The van der Waals surface area contributed by atoms with Crippen LogP contribution in [-0.4, -0.2) is 35.6 Å². The Morgan fingerprint density at radius 1 is 1.41 bits per heavy atom. The summed E-state index contributed by atoms with van der Waals surface area (Å²) in [5.41, 5.74) is 7.83. The maximum Gasteiger partial charge on any atom is 0.244 e. The molecule has 0 radical (unpaired) electrons. The fourth-order valence-electron chi connectivity index (χ4n) is 1.48. The molecule has 1 amide bonds. The number of likely N-dealkylation sites (N-methyl/N-ethyl adjacent to an activating group) is 1. The summed E-state index contributed by atoms with van der Waals surface area (Å²) in [6, 6.07) is 6.68. The van der Waals surface area contributed by atoms with E-state index in [1.165, 1.54) is 4.90 Å². The average molecular weight is 236 g/mol. The topological polar surface area (TPSA) is 66.6 Å². The van der Waals surface area contributed by atoms with Gasteiger partial charge in [-0.3, -0.25) is 4.79 Å². The number of amides is 1. The van der Waals surface area contributed by atoms with Gasteiger partial charge in [0.2, 0.25) is 5.91 Å². The van der Waals surface area contributed by atoms with E-state index in [0.29, 0.717) is 0 Å². The monoisotopic (exact) mass is 236 g/mol. The van der Waals surface area contributed by atoms with Crippen LogP contribution in [0.2, 0.25) is 0 Å². The predicted octanol–water partition coefficient (Wildman–Crippen LogP) is 0.834. The first kappa shape index (κ1) is 13.7. The molecule has 0 saturated heterocycles. The number of aliphatic hydroxyl groups is 1. The molecule has 4 nitrogen and oxygen atoms in total. The molecule has 0 heterocycles. The Balaban J connectivity index is 2.79. The van der Waals surface area contributed by atoms with Crippen LogP contribution in [0.25, 0.3) is 0 Å². The molecule has 3 N–H and O–H groups in total. The highest BCUT2D eigenvalue weighted by molar-refractivity contribution is 5.83. The normalized spacial score (nSPS) is 14.2. The van der Waals surface area contributed by atoms with Gasteiger partial charge < -0.3 is 15.7 Å². The highest BCUT2D eigenvalue weighted by Crippen LogP contribution is 2.14. The Morgan fingerprint density at radius 3 is 2.41 bits per heavy atom. The summed E-state index contributed by atoms with van der Waals surface area (Å²) < 4.78 is 0. The van der Waals surface area contributed by atoms with Gasteiger partial charge >= 0.3 is 0 Å². The van der Waals surface area contributed by atoms with Gasteiger partial charge in [0.15, 0.2) is 0 Å². The summed E-state index contributed by atoms with van der Waals surface area (Å²) >= 11 is 0. The Hall–Kier alpha value is -1.39. The van der Waals surface area contributed by atoms with Crippen LogP contribution in [0, 0.1) is 6.92 Å². The molecule has 0 fully saturated rings. The van der Waals surface area contributed by atoms with E-state index in [1.54, 1.807) is 14.0 Å². The maximum atomic E-state index is 12.0. The van der Waals surface area contributed by atoms with E-state index in [1.807, 2.05) is 31.2 Å². The number of carbonyl (C=O) groups excluding carboxylic acids is 1. The summed E-state index contributed by atoms with van der Waals surface area (Å²) in [6.07, 6.45) is 0. The van der Waals surface area contributed by atoms with Crippen molar-refractivity contribution < 1.29 is 9.90 Å². The van der Waals surface area contributed by atoms with Crippen molar-refractivity contribution in [2.45, 2.75) is 25.9 Å². The van der Waals surface area contributed by atoms with E-state index in [-0.39, 0.29) is 18.6 Å². The largest absolute Gasteiger partial charge is 0.394 e. The number of aryl methyl sites for hydroxylation is 1. The number of rotatable bonds is 4. The van der Waals surface area contributed by atoms with Crippen molar-refractivity contribution in [2.24, 2.45) is 5.73 Å². The molecule has 2 atom stereocenters. The Kier molecular flexibility index (Phi) is 4.66. The molecule has 0 spiro atoms. The standard InChI is InChI=1S/C13H20N2O2/c1-9-4-6-11(7-5-9)12(14)13(17)15(3)10(2)8-16/h4-7,10,12,16H,8,14H2,1-3H3. The number of hydrogen-bond acceptors (Lipinski definition) is 3. The van der Waals surface area contributed by atoms with Gasteiger partial charge in [0, 0.05) is 7.05 Å². The van der Waals surface area contributed by atoms with Gasteiger partial charge in [-0.25, -0.2) is 0 Å². The Bertz CT molecular complexity index is 376. The molecule has 0 aromatic heterocycles. The van der Waals surface area contributed by atoms with Crippen LogP contribution in [0.15, 0.2) is 24.3 Å². The molecule has 2 unspecified atom stereocenters. The first-order valence-electron chi connectivity index (χ1n) is 5.67. The summed E-state index contributed by atoms with van der Waals surface area (Å²) in [5, 5.41) is 9.01. The van der Waals surface area contributed by atoms with Gasteiger partial charge in [-0.15, -0.1) is 0 Å². The lowest BCUT2D eigenvalue weighted by Gasteiger charge is -2.26. The zero-order valence-corrected chi connectivity index (χ0v) is 10.6. The second-order valence-electron chi connectivity index (χ2n) is 4.37. The van der Waals surface area contributed by atoms with Crippen molar-refractivity contribution in [1.82, 2.24) is 4.90 Å². The van der Waals surface area contributed by atoms with E-state index in [0.717, 1.165) is 11.1 Å². The van der Waals surface area contributed by atoms with Crippen LogP contribution >= 0.6 is 0 Å². The molecule has 0 aliphatic carbocycles. The first-order chi connectivity index (χ1) is 7.97. The number of nitrogens with zero attached hydrogens (tertiary/aromatic N) is 1. The molecule has 0 bridgehead atoms. The molecule has 1 aromatic carbocycles. The third-order valence-electron chi connectivity index (χ3n) is 2.98. The van der Waals surface area contributed by atoms with Crippen molar-refractivity contribution in [3.63, 3.8) is 0 Å². The summed E-state index contributed by atoms with van der Waals surface area (Å²) in [4.78, 5) is 13.5. The predicted molar refractivity (Wildman–Crippen MR) is 67.4 cm³/mol. The Morgan fingerprint density at radius 2 is 1.94 bits per heavy atom. The summed E-state index contributed by atoms with van der Waals surface area (Å²) in [7, 11) is 1.65. The third kappa shape index (κ3) is 3.28. The minimum atomic E-state index is -0.672. The zero-order valence-electron chi connectivity index (χ0n) is 10.6. The number of hydrogen-bond donors (Lipinski definition) is 2. The van der Waals surface area contributed by atoms with Gasteiger partial charge in [0.25, 0.3) is 0 Å². The number of benzene rings is 1. The molecule has 0 saturated carbocycles. The van der Waals surface area contributed by atoms with Crippen LogP contribution in [0.4, 0.5) is 0 Å². The van der Waals surface area contributed by atoms with Crippen LogP contribution < -0.4 is 5.73 Å². The lowest BCUT2D eigenvalue weighted by atomic mass is 10.0. The molecule has 1 rings (SSSR count). The number of carbonyl (C=O) groups is 1. The van der Waals surface area contributed by atoms with Gasteiger partial charge in [0.05, 0.1) is 12.6 Å². The quantitative estimate of drug-likeness (QED) is 0.814. The van der Waals surface area contributed by atoms with E-state index < -0.39 is 6.04 Å². The van der Waals surface area contributed by atoms with Crippen LogP contribution in [-0.2, 0) is 4.79 Å². The van der Waals surface area contributed by atoms with E-state index in [2.05, 4.69) is 0 Å².